The highest BCUT2D eigenvalue weighted by Crippen LogP contribution is 2.27. The van der Waals surface area contributed by atoms with Gasteiger partial charge in [-0.05, 0) is 42.7 Å². The number of carbonyl (C=O) groups excluding carboxylic acids is 1. The molecule has 0 aliphatic carbocycles. The fraction of sp³-hybridized carbons (Fsp3) is 0.292. The van der Waals surface area contributed by atoms with Gasteiger partial charge in [0.1, 0.15) is 4.21 Å². The minimum Gasteiger partial charge on any atom is -0.281 e. The van der Waals surface area contributed by atoms with Crippen LogP contribution in [0.5, 0.6) is 0 Å². The first-order valence-electron chi connectivity index (χ1n) is 10.8. The molecule has 0 spiro atoms. The maximum atomic E-state index is 12.9. The lowest BCUT2D eigenvalue weighted by Crippen LogP contribution is -2.42. The van der Waals surface area contributed by atoms with Gasteiger partial charge in [0.15, 0.2) is 0 Å². The van der Waals surface area contributed by atoms with E-state index in [4.69, 9.17) is 0 Å². The molecule has 1 aromatic heterocycles. The number of carbonyl (C=O) groups is 1. The van der Waals surface area contributed by atoms with E-state index in [1.807, 2.05) is 65.7 Å². The molecule has 1 aliphatic rings. The molecule has 0 bridgehead atoms. The Morgan fingerprint density at radius 3 is 2.25 bits per heavy atom. The second-order valence-electron chi connectivity index (χ2n) is 7.80. The SMILES string of the molecule is O=C(Cc1ccc(S(=O)(=O)N2CCCCC2)s1)NN(Cc1ccccc1)c1ccccc1. The number of hydrogen-bond donors (Lipinski definition) is 1. The summed E-state index contributed by atoms with van der Waals surface area (Å²) in [5.41, 5.74) is 4.93. The summed E-state index contributed by atoms with van der Waals surface area (Å²) in [7, 11) is -3.47. The molecule has 2 heterocycles. The van der Waals surface area contributed by atoms with Crippen LogP contribution in [-0.2, 0) is 27.8 Å². The quantitative estimate of drug-likeness (QED) is 0.502. The van der Waals surface area contributed by atoms with Crippen LogP contribution in [0.1, 0.15) is 29.7 Å². The number of anilines is 1. The van der Waals surface area contributed by atoms with Crippen molar-refractivity contribution in [2.45, 2.75) is 36.4 Å². The number of amides is 1. The predicted octanol–water partition coefficient (Wildman–Crippen LogP) is 4.20. The maximum absolute atomic E-state index is 12.9. The fourth-order valence-electron chi connectivity index (χ4n) is 3.74. The van der Waals surface area contributed by atoms with Crippen molar-refractivity contribution >= 4 is 33.0 Å². The number of sulfonamides is 1. The number of hydrogen-bond acceptors (Lipinski definition) is 5. The molecule has 1 fully saturated rings. The highest BCUT2D eigenvalue weighted by atomic mass is 32.2. The van der Waals surface area contributed by atoms with Crippen LogP contribution in [0.4, 0.5) is 5.69 Å². The number of para-hydroxylation sites is 1. The summed E-state index contributed by atoms with van der Waals surface area (Å²) in [5, 5.41) is 1.82. The topological polar surface area (TPSA) is 69.7 Å². The Morgan fingerprint density at radius 1 is 0.906 bits per heavy atom. The minimum absolute atomic E-state index is 0.123. The molecule has 8 heteroatoms. The molecule has 3 aromatic rings. The second-order valence-corrected chi connectivity index (χ2v) is 11.1. The van der Waals surface area contributed by atoms with Gasteiger partial charge in [0, 0.05) is 18.0 Å². The molecule has 0 atom stereocenters. The molecular formula is C24H27N3O3S2. The zero-order valence-electron chi connectivity index (χ0n) is 17.8. The average molecular weight is 470 g/mol. The standard InChI is InChI=1S/C24H27N3O3S2/c28-23(18-22-14-15-24(31-22)32(29,30)26-16-8-3-9-17-26)25-27(21-12-6-2-7-13-21)19-20-10-4-1-5-11-20/h1-2,4-7,10-15H,3,8-9,16-19H2,(H,25,28). The van der Waals surface area contributed by atoms with E-state index in [1.165, 1.54) is 11.3 Å². The number of nitrogens with zero attached hydrogens (tertiary/aromatic N) is 2. The van der Waals surface area contributed by atoms with Gasteiger partial charge in [0.2, 0.25) is 5.91 Å². The van der Waals surface area contributed by atoms with Crippen LogP contribution in [0.2, 0.25) is 0 Å². The third-order valence-electron chi connectivity index (χ3n) is 5.39. The summed E-state index contributed by atoms with van der Waals surface area (Å²) in [4.78, 5) is 13.6. The number of rotatable bonds is 8. The van der Waals surface area contributed by atoms with Gasteiger partial charge >= 0.3 is 0 Å². The van der Waals surface area contributed by atoms with E-state index >= 15 is 0 Å². The van der Waals surface area contributed by atoms with Crippen molar-refractivity contribution in [1.29, 1.82) is 0 Å². The average Bonchev–Trinajstić information content (AvgIpc) is 3.30. The molecule has 6 nitrogen and oxygen atoms in total. The normalized spacial score (nSPS) is 14.8. The van der Waals surface area contributed by atoms with Gasteiger partial charge in [-0.2, -0.15) is 4.31 Å². The zero-order chi connectivity index (χ0) is 22.4. The van der Waals surface area contributed by atoms with E-state index in [9.17, 15) is 13.2 Å². The number of nitrogens with one attached hydrogen (secondary N) is 1. The van der Waals surface area contributed by atoms with Gasteiger partial charge in [0.25, 0.3) is 10.0 Å². The van der Waals surface area contributed by atoms with Crippen LogP contribution in [0.25, 0.3) is 0 Å². The molecule has 0 radical (unpaired) electrons. The summed E-state index contributed by atoms with van der Waals surface area (Å²) < 4.78 is 27.6. The summed E-state index contributed by atoms with van der Waals surface area (Å²) in [6.45, 7) is 1.67. The van der Waals surface area contributed by atoms with Gasteiger partial charge in [-0.3, -0.25) is 15.2 Å². The van der Waals surface area contributed by atoms with Crippen molar-refractivity contribution < 1.29 is 13.2 Å². The Balaban J connectivity index is 1.44. The molecule has 0 unspecified atom stereocenters. The van der Waals surface area contributed by atoms with E-state index in [0.717, 1.165) is 35.4 Å². The van der Waals surface area contributed by atoms with Crippen LogP contribution < -0.4 is 10.4 Å². The van der Waals surface area contributed by atoms with E-state index in [-0.39, 0.29) is 12.3 Å². The van der Waals surface area contributed by atoms with Crippen molar-refractivity contribution in [3.63, 3.8) is 0 Å². The van der Waals surface area contributed by atoms with Crippen molar-refractivity contribution in [2.24, 2.45) is 0 Å². The van der Waals surface area contributed by atoms with E-state index in [2.05, 4.69) is 5.43 Å². The lowest BCUT2D eigenvalue weighted by molar-refractivity contribution is -0.120. The summed E-state index contributed by atoms with van der Waals surface area (Å²) >= 11 is 1.18. The third-order valence-corrected chi connectivity index (χ3v) is 8.84. The van der Waals surface area contributed by atoms with E-state index < -0.39 is 10.0 Å². The largest absolute Gasteiger partial charge is 0.281 e. The third kappa shape index (κ3) is 5.56. The Bertz CT molecular complexity index is 1130. The minimum atomic E-state index is -3.47. The van der Waals surface area contributed by atoms with Crippen molar-refractivity contribution in [1.82, 2.24) is 9.73 Å². The monoisotopic (exact) mass is 469 g/mol. The zero-order valence-corrected chi connectivity index (χ0v) is 19.4. The fourth-order valence-corrected chi connectivity index (χ4v) is 6.77. The van der Waals surface area contributed by atoms with Crippen molar-refractivity contribution in [3.05, 3.63) is 83.2 Å². The molecule has 0 saturated carbocycles. The summed E-state index contributed by atoms with van der Waals surface area (Å²) in [6.07, 6.45) is 2.99. The van der Waals surface area contributed by atoms with Crippen LogP contribution in [0.3, 0.4) is 0 Å². The lowest BCUT2D eigenvalue weighted by atomic mass is 10.2. The van der Waals surface area contributed by atoms with Gasteiger partial charge < -0.3 is 0 Å². The molecule has 1 N–H and O–H groups in total. The van der Waals surface area contributed by atoms with Gasteiger partial charge in [-0.25, -0.2) is 8.42 Å². The Hall–Kier alpha value is -2.68. The van der Waals surface area contributed by atoms with Crippen LogP contribution >= 0.6 is 11.3 Å². The Kier molecular flexibility index (Phi) is 7.24. The molecule has 32 heavy (non-hydrogen) atoms. The number of thiophene rings is 1. The van der Waals surface area contributed by atoms with Gasteiger partial charge in [-0.1, -0.05) is 55.0 Å². The number of piperidine rings is 1. The molecule has 1 amide bonds. The van der Waals surface area contributed by atoms with Gasteiger partial charge in [-0.15, -0.1) is 11.3 Å². The van der Waals surface area contributed by atoms with E-state index in [0.29, 0.717) is 23.8 Å². The second kappa shape index (κ2) is 10.3. The Labute approximate surface area is 193 Å². The Morgan fingerprint density at radius 2 is 1.56 bits per heavy atom. The molecule has 168 valence electrons. The van der Waals surface area contributed by atoms with Crippen LogP contribution in [-0.4, -0.2) is 31.7 Å². The number of hydrazine groups is 1. The maximum Gasteiger partial charge on any atom is 0.252 e. The smallest absolute Gasteiger partial charge is 0.252 e. The van der Waals surface area contributed by atoms with Crippen molar-refractivity contribution in [3.8, 4) is 0 Å². The highest BCUT2D eigenvalue weighted by molar-refractivity contribution is 7.91. The first-order valence-corrected chi connectivity index (χ1v) is 13.0. The molecular weight excluding hydrogens is 442 g/mol. The molecule has 2 aromatic carbocycles. The molecule has 4 rings (SSSR count). The van der Waals surface area contributed by atoms with Crippen LogP contribution in [0.15, 0.2) is 77.0 Å². The highest BCUT2D eigenvalue weighted by Gasteiger charge is 2.27. The van der Waals surface area contributed by atoms with Gasteiger partial charge in [0.05, 0.1) is 18.7 Å². The summed E-state index contributed by atoms with van der Waals surface area (Å²) in [5.74, 6) is -0.187. The first kappa shape index (κ1) is 22.5. The lowest BCUT2D eigenvalue weighted by Gasteiger charge is -2.25. The number of benzene rings is 2. The predicted molar refractivity (Wildman–Crippen MR) is 128 cm³/mol. The van der Waals surface area contributed by atoms with Crippen molar-refractivity contribution in [2.75, 3.05) is 18.1 Å². The first-order chi connectivity index (χ1) is 15.5. The van der Waals surface area contributed by atoms with E-state index in [1.54, 1.807) is 16.4 Å². The van der Waals surface area contributed by atoms with Crippen LogP contribution in [0, 0.1) is 0 Å². The molecule has 1 aliphatic heterocycles. The molecule has 1 saturated heterocycles. The summed E-state index contributed by atoms with van der Waals surface area (Å²) in [6, 6.07) is 23.0.